The Kier molecular flexibility index (Phi) is 5.72. The maximum Gasteiger partial charge on any atom is 0.246 e. The second kappa shape index (κ2) is 8.02. The molecule has 0 aromatic heterocycles. The van der Waals surface area contributed by atoms with E-state index >= 15 is 0 Å². The van der Waals surface area contributed by atoms with Gasteiger partial charge in [-0.1, -0.05) is 30.3 Å². The van der Waals surface area contributed by atoms with Gasteiger partial charge in [0.1, 0.15) is 5.82 Å². The molecule has 2 aromatic carbocycles. The molecule has 0 aliphatic carbocycles. The zero-order chi connectivity index (χ0) is 19.4. The van der Waals surface area contributed by atoms with Gasteiger partial charge in [-0.25, -0.2) is 12.8 Å². The second-order valence-electron chi connectivity index (χ2n) is 6.38. The number of rotatable bonds is 4. The predicted octanol–water partition coefficient (Wildman–Crippen LogP) is 2.68. The van der Waals surface area contributed by atoms with E-state index in [1.165, 1.54) is 28.6 Å². The van der Waals surface area contributed by atoms with E-state index in [2.05, 4.69) is 0 Å². The van der Waals surface area contributed by atoms with Crippen LogP contribution in [0.2, 0.25) is 0 Å². The highest BCUT2D eigenvalue weighted by atomic mass is 32.2. The Hall–Kier alpha value is -2.51. The number of nitrogens with zero attached hydrogens (tertiary/aromatic N) is 2. The van der Waals surface area contributed by atoms with Gasteiger partial charge in [0.15, 0.2) is 0 Å². The summed E-state index contributed by atoms with van der Waals surface area (Å²) >= 11 is 0. The topological polar surface area (TPSA) is 57.7 Å². The molecule has 0 unspecified atom stereocenters. The summed E-state index contributed by atoms with van der Waals surface area (Å²) in [6, 6.07) is 12.7. The number of hydrogen-bond donors (Lipinski definition) is 0. The molecule has 0 atom stereocenters. The normalized spacial score (nSPS) is 16.0. The minimum atomic E-state index is -3.76. The lowest BCUT2D eigenvalue weighted by atomic mass is 10.1. The largest absolute Gasteiger partial charge is 0.337 e. The van der Waals surface area contributed by atoms with E-state index in [0.29, 0.717) is 13.1 Å². The molecule has 0 bridgehead atoms. The summed E-state index contributed by atoms with van der Waals surface area (Å²) in [5.74, 6) is -0.743. The van der Waals surface area contributed by atoms with E-state index in [0.717, 1.165) is 17.2 Å². The minimum Gasteiger partial charge on any atom is -0.337 e. The summed E-state index contributed by atoms with van der Waals surface area (Å²) in [6.07, 6.45) is 3.28. The molecule has 0 N–H and O–H groups in total. The van der Waals surface area contributed by atoms with Crippen LogP contribution in [0.4, 0.5) is 4.39 Å². The molecule has 1 heterocycles. The third-order valence-corrected chi connectivity index (χ3v) is 6.47. The Morgan fingerprint density at radius 2 is 1.74 bits per heavy atom. The van der Waals surface area contributed by atoms with E-state index in [4.69, 9.17) is 0 Å². The lowest BCUT2D eigenvalue weighted by Gasteiger charge is -2.33. The lowest BCUT2D eigenvalue weighted by molar-refractivity contribution is -0.127. The molecule has 1 amide bonds. The fraction of sp³-hybridized carbons (Fsp3) is 0.250. The Bertz CT molecular complexity index is 965. The van der Waals surface area contributed by atoms with Crippen LogP contribution in [0.15, 0.2) is 59.5 Å². The molecule has 7 heteroatoms. The van der Waals surface area contributed by atoms with Crippen LogP contribution in [-0.4, -0.2) is 49.7 Å². The van der Waals surface area contributed by atoms with Crippen LogP contribution in [0.25, 0.3) is 6.08 Å². The van der Waals surface area contributed by atoms with Gasteiger partial charge in [0.05, 0.1) is 4.90 Å². The lowest BCUT2D eigenvalue weighted by Crippen LogP contribution is -2.50. The van der Waals surface area contributed by atoms with E-state index in [1.807, 2.05) is 31.2 Å². The Morgan fingerprint density at radius 1 is 1.04 bits per heavy atom. The van der Waals surface area contributed by atoms with Crippen molar-refractivity contribution in [3.63, 3.8) is 0 Å². The monoisotopic (exact) mass is 388 g/mol. The second-order valence-corrected chi connectivity index (χ2v) is 8.31. The maximum absolute atomic E-state index is 13.3. The highest BCUT2D eigenvalue weighted by Crippen LogP contribution is 2.19. The maximum atomic E-state index is 13.3. The first-order valence-corrected chi connectivity index (χ1v) is 10.1. The number of halogens is 1. The van der Waals surface area contributed by atoms with E-state index in [-0.39, 0.29) is 23.9 Å². The summed E-state index contributed by atoms with van der Waals surface area (Å²) in [5.41, 5.74) is 2.05. The van der Waals surface area contributed by atoms with E-state index < -0.39 is 15.8 Å². The zero-order valence-corrected chi connectivity index (χ0v) is 15.8. The average molecular weight is 388 g/mol. The smallest absolute Gasteiger partial charge is 0.246 e. The number of piperazine rings is 1. The van der Waals surface area contributed by atoms with Gasteiger partial charge in [-0.15, -0.1) is 0 Å². The summed E-state index contributed by atoms with van der Waals surface area (Å²) in [4.78, 5) is 13.9. The van der Waals surface area contributed by atoms with Crippen LogP contribution >= 0.6 is 0 Å². The Balaban J connectivity index is 1.63. The number of carbonyl (C=O) groups is 1. The molecule has 0 saturated carbocycles. The van der Waals surface area contributed by atoms with Crippen molar-refractivity contribution in [2.75, 3.05) is 26.2 Å². The number of hydrogen-bond acceptors (Lipinski definition) is 3. The molecule has 0 radical (unpaired) electrons. The quantitative estimate of drug-likeness (QED) is 0.757. The zero-order valence-electron chi connectivity index (χ0n) is 15.0. The van der Waals surface area contributed by atoms with Crippen molar-refractivity contribution in [1.29, 1.82) is 0 Å². The number of carbonyl (C=O) groups excluding carboxylic acids is 1. The van der Waals surface area contributed by atoms with Gasteiger partial charge in [0.2, 0.25) is 15.9 Å². The molecule has 3 rings (SSSR count). The number of aryl methyl sites for hydroxylation is 1. The molecule has 1 aliphatic heterocycles. The van der Waals surface area contributed by atoms with Crippen molar-refractivity contribution < 1.29 is 17.6 Å². The molecule has 1 saturated heterocycles. The van der Waals surface area contributed by atoms with Gasteiger partial charge in [0.25, 0.3) is 0 Å². The molecule has 142 valence electrons. The van der Waals surface area contributed by atoms with Crippen molar-refractivity contribution >= 4 is 22.0 Å². The van der Waals surface area contributed by atoms with Crippen LogP contribution in [-0.2, 0) is 14.8 Å². The van der Waals surface area contributed by atoms with Gasteiger partial charge in [-0.2, -0.15) is 4.31 Å². The van der Waals surface area contributed by atoms with Crippen LogP contribution in [0, 0.1) is 12.7 Å². The molecule has 0 spiro atoms. The van der Waals surface area contributed by atoms with Gasteiger partial charge >= 0.3 is 0 Å². The van der Waals surface area contributed by atoms with Gasteiger partial charge in [-0.05, 0) is 42.3 Å². The third-order valence-electron chi connectivity index (χ3n) is 4.58. The Morgan fingerprint density at radius 3 is 2.41 bits per heavy atom. The first-order chi connectivity index (χ1) is 12.9. The van der Waals surface area contributed by atoms with Crippen LogP contribution in [0.3, 0.4) is 0 Å². The fourth-order valence-corrected chi connectivity index (χ4v) is 4.42. The molecule has 27 heavy (non-hydrogen) atoms. The highest BCUT2D eigenvalue weighted by Gasteiger charge is 2.29. The van der Waals surface area contributed by atoms with Crippen molar-refractivity contribution in [2.24, 2.45) is 0 Å². The molecule has 2 aromatic rings. The average Bonchev–Trinajstić information content (AvgIpc) is 2.67. The number of sulfonamides is 1. The summed E-state index contributed by atoms with van der Waals surface area (Å²) in [7, 11) is -3.76. The molecular weight excluding hydrogens is 367 g/mol. The summed E-state index contributed by atoms with van der Waals surface area (Å²) < 4.78 is 39.8. The van der Waals surface area contributed by atoms with E-state index in [9.17, 15) is 17.6 Å². The highest BCUT2D eigenvalue weighted by molar-refractivity contribution is 7.89. The van der Waals surface area contributed by atoms with Crippen LogP contribution in [0.5, 0.6) is 0 Å². The van der Waals surface area contributed by atoms with Gasteiger partial charge < -0.3 is 4.90 Å². The number of benzene rings is 2. The van der Waals surface area contributed by atoms with Crippen molar-refractivity contribution in [3.05, 3.63) is 71.6 Å². The molecule has 5 nitrogen and oxygen atoms in total. The van der Waals surface area contributed by atoms with E-state index in [1.54, 1.807) is 11.0 Å². The predicted molar refractivity (Wildman–Crippen MR) is 102 cm³/mol. The Labute approximate surface area is 158 Å². The third kappa shape index (κ3) is 4.43. The van der Waals surface area contributed by atoms with Crippen LogP contribution in [0.1, 0.15) is 11.1 Å². The first-order valence-electron chi connectivity index (χ1n) is 8.66. The summed E-state index contributed by atoms with van der Waals surface area (Å²) in [6.45, 7) is 2.93. The standard InChI is InChI=1S/C20H21FN2O3S/c1-16-5-2-3-6-17(16)9-10-20(24)22-11-13-23(14-12-22)27(25,26)19-8-4-7-18(21)15-19/h2-10,15H,11-14H2,1H3/b10-9+. The molecule has 1 fully saturated rings. The molecule has 1 aliphatic rings. The summed E-state index contributed by atoms with van der Waals surface area (Å²) in [5, 5.41) is 0. The fourth-order valence-electron chi connectivity index (χ4n) is 2.97. The van der Waals surface area contributed by atoms with Gasteiger partial charge in [-0.3, -0.25) is 4.79 Å². The first kappa shape index (κ1) is 19.3. The van der Waals surface area contributed by atoms with Gasteiger partial charge in [0, 0.05) is 32.3 Å². The van der Waals surface area contributed by atoms with Crippen LogP contribution < -0.4 is 0 Å². The molecular formula is C20H21FN2O3S. The van der Waals surface area contributed by atoms with Crippen molar-refractivity contribution in [2.45, 2.75) is 11.8 Å². The van der Waals surface area contributed by atoms with Crippen molar-refractivity contribution in [1.82, 2.24) is 9.21 Å². The van der Waals surface area contributed by atoms with Crippen molar-refractivity contribution in [3.8, 4) is 0 Å². The number of amides is 1. The minimum absolute atomic E-state index is 0.0678. The SMILES string of the molecule is Cc1ccccc1/C=C/C(=O)N1CCN(S(=O)(=O)c2cccc(F)c2)CC1.